The van der Waals surface area contributed by atoms with Gasteiger partial charge in [0.2, 0.25) is 5.91 Å². The molecule has 0 aliphatic heterocycles. The van der Waals surface area contributed by atoms with Crippen LogP contribution in [0.1, 0.15) is 117 Å². The van der Waals surface area contributed by atoms with Gasteiger partial charge in [0.15, 0.2) is 0 Å². The van der Waals surface area contributed by atoms with Crippen LogP contribution in [0.25, 0.3) is 11.3 Å². The Labute approximate surface area is 371 Å². The normalized spacial score (nSPS) is 14.2. The zero-order valence-corrected chi connectivity index (χ0v) is 37.9. The summed E-state index contributed by atoms with van der Waals surface area (Å²) in [5.74, 6) is -0.126. The van der Waals surface area contributed by atoms with Gasteiger partial charge in [-0.25, -0.2) is 0 Å². The summed E-state index contributed by atoms with van der Waals surface area (Å²) in [6, 6.07) is 25.3. The summed E-state index contributed by atoms with van der Waals surface area (Å²) in [7, 11) is 0. The van der Waals surface area contributed by atoms with Crippen LogP contribution in [0.15, 0.2) is 85.1 Å². The number of aryl methyl sites for hydroxylation is 1. The van der Waals surface area contributed by atoms with E-state index in [1.54, 1.807) is 36.2 Å². The van der Waals surface area contributed by atoms with Crippen LogP contribution in [0, 0.1) is 0 Å². The van der Waals surface area contributed by atoms with Crippen LogP contribution in [0.3, 0.4) is 0 Å². The van der Waals surface area contributed by atoms with E-state index in [-0.39, 0.29) is 34.9 Å². The standard InChI is InChI=1S/C49H65N5O7S/c1-7-54(8-2)38-19-20-42(40(29-38)43-28-37(22-25-50-43)46(60)51-41-18-12-15-35-14-9-10-17-39(35)41)52-45(59)36-16-11-13-34(27-36)30-62-48(5,6)24-26-61-47(3,4)23-21-44(58)53-49(31-55,32-56)33-57/h9-11,13-14,16-17,19-20,22,25,27-29,41,55-57H,7-8,12,15,18,21,23-24,26,30-33H2,1-6H3,(H,51,60)(H,52,59)(H,53,58)/t41-/m0/s1. The first-order chi connectivity index (χ1) is 29.6. The van der Waals surface area contributed by atoms with Crippen LogP contribution in [0.5, 0.6) is 0 Å². The minimum absolute atomic E-state index is 0.0569. The highest BCUT2D eigenvalue weighted by Gasteiger charge is 2.31. The molecule has 1 aromatic heterocycles. The number of hydrogen-bond acceptors (Lipinski definition) is 10. The number of aliphatic hydroxyl groups is 3. The van der Waals surface area contributed by atoms with Crippen molar-refractivity contribution in [3.05, 3.63) is 113 Å². The topological polar surface area (TPSA) is 173 Å². The van der Waals surface area contributed by atoms with Gasteiger partial charge in [-0.1, -0.05) is 50.2 Å². The molecule has 1 atom stereocenters. The van der Waals surface area contributed by atoms with Crippen molar-refractivity contribution in [2.75, 3.05) is 49.7 Å². The second kappa shape index (κ2) is 22.0. The van der Waals surface area contributed by atoms with E-state index >= 15 is 0 Å². The average molecular weight is 868 g/mol. The van der Waals surface area contributed by atoms with E-state index in [9.17, 15) is 29.7 Å². The largest absolute Gasteiger partial charge is 0.394 e. The third-order valence-electron chi connectivity index (χ3n) is 11.6. The fraction of sp³-hybridized carbons (Fsp3) is 0.469. The highest BCUT2D eigenvalue weighted by atomic mass is 32.2. The molecule has 1 aliphatic carbocycles. The Morgan fingerprint density at radius 3 is 2.31 bits per heavy atom. The van der Waals surface area contributed by atoms with Gasteiger partial charge in [0.25, 0.3) is 11.8 Å². The molecule has 0 saturated carbocycles. The number of rotatable bonds is 22. The lowest BCUT2D eigenvalue weighted by Gasteiger charge is -2.31. The van der Waals surface area contributed by atoms with Gasteiger partial charge < -0.3 is 40.9 Å². The monoisotopic (exact) mass is 867 g/mol. The van der Waals surface area contributed by atoms with Gasteiger partial charge in [0, 0.05) is 65.2 Å². The Morgan fingerprint density at radius 2 is 1.58 bits per heavy atom. The molecule has 0 unspecified atom stereocenters. The van der Waals surface area contributed by atoms with Crippen molar-refractivity contribution < 1.29 is 34.4 Å². The molecule has 3 aromatic carbocycles. The van der Waals surface area contributed by atoms with Crippen molar-refractivity contribution in [2.24, 2.45) is 0 Å². The lowest BCUT2D eigenvalue weighted by Crippen LogP contribution is -2.57. The number of nitrogens with zero attached hydrogens (tertiary/aromatic N) is 2. The molecule has 5 rings (SSSR count). The quantitative estimate of drug-likeness (QED) is 0.0466. The van der Waals surface area contributed by atoms with Gasteiger partial charge in [0.1, 0.15) is 5.54 Å². The molecule has 6 N–H and O–H groups in total. The number of aliphatic hydroxyl groups excluding tert-OH is 3. The molecule has 0 spiro atoms. The van der Waals surface area contributed by atoms with Crippen molar-refractivity contribution in [1.29, 1.82) is 0 Å². The van der Waals surface area contributed by atoms with E-state index in [0.29, 0.717) is 41.3 Å². The Hall–Kier alpha value is -4.79. The number of amides is 3. The number of anilines is 2. The van der Waals surface area contributed by atoms with E-state index in [1.165, 1.54) is 11.1 Å². The number of benzene rings is 3. The van der Waals surface area contributed by atoms with Gasteiger partial charge in [-0.15, -0.1) is 0 Å². The predicted octanol–water partition coefficient (Wildman–Crippen LogP) is 7.46. The van der Waals surface area contributed by atoms with Crippen molar-refractivity contribution in [3.63, 3.8) is 0 Å². The summed E-state index contributed by atoms with van der Waals surface area (Å²) in [5.41, 5.74) is 5.31. The molecule has 13 heteroatoms. The smallest absolute Gasteiger partial charge is 0.255 e. The minimum atomic E-state index is -1.46. The number of thioether (sulfide) groups is 1. The maximum absolute atomic E-state index is 13.9. The predicted molar refractivity (Wildman–Crippen MR) is 249 cm³/mol. The number of fused-ring (bicyclic) bond motifs is 1. The van der Waals surface area contributed by atoms with Gasteiger partial charge in [0.05, 0.1) is 42.8 Å². The fourth-order valence-electron chi connectivity index (χ4n) is 7.54. The summed E-state index contributed by atoms with van der Waals surface area (Å²) in [4.78, 5) is 47.1. The van der Waals surface area contributed by atoms with E-state index in [2.05, 4.69) is 60.7 Å². The van der Waals surface area contributed by atoms with Crippen LogP contribution >= 0.6 is 11.8 Å². The number of carbonyl (C=O) groups excluding carboxylic acids is 3. The van der Waals surface area contributed by atoms with Crippen molar-refractivity contribution in [1.82, 2.24) is 15.6 Å². The Morgan fingerprint density at radius 1 is 0.855 bits per heavy atom. The van der Waals surface area contributed by atoms with Crippen LogP contribution in [-0.2, 0) is 21.7 Å². The molecule has 1 heterocycles. The molecule has 12 nitrogen and oxygen atoms in total. The zero-order valence-electron chi connectivity index (χ0n) is 37.1. The van der Waals surface area contributed by atoms with E-state index in [4.69, 9.17) is 9.72 Å². The van der Waals surface area contributed by atoms with Crippen molar-refractivity contribution in [3.8, 4) is 11.3 Å². The minimum Gasteiger partial charge on any atom is -0.394 e. The first kappa shape index (κ1) is 48.2. The maximum atomic E-state index is 13.9. The van der Waals surface area contributed by atoms with Crippen LogP contribution in [0.4, 0.5) is 11.4 Å². The number of pyridine rings is 1. The molecule has 0 fully saturated rings. The number of carbonyl (C=O) groups is 3. The molecular weight excluding hydrogens is 803 g/mol. The molecule has 334 valence electrons. The first-order valence-electron chi connectivity index (χ1n) is 21.7. The van der Waals surface area contributed by atoms with Crippen molar-refractivity contribution in [2.45, 2.75) is 108 Å². The van der Waals surface area contributed by atoms with Gasteiger partial charge >= 0.3 is 0 Å². The third-order valence-corrected chi connectivity index (χ3v) is 13.1. The lowest BCUT2D eigenvalue weighted by atomic mass is 9.87. The van der Waals surface area contributed by atoms with Crippen LogP contribution in [-0.4, -0.2) is 93.4 Å². The average Bonchev–Trinajstić information content (AvgIpc) is 3.28. The second-order valence-electron chi connectivity index (χ2n) is 17.3. The van der Waals surface area contributed by atoms with Gasteiger partial charge in [-0.3, -0.25) is 19.4 Å². The molecule has 0 saturated heterocycles. The molecular formula is C49H65N5O7S. The summed E-state index contributed by atoms with van der Waals surface area (Å²) in [5, 5.41) is 37.5. The Bertz CT molecular complexity index is 2130. The SMILES string of the molecule is CCN(CC)c1ccc(NC(=O)c2cccc(CSC(C)(C)CCOC(C)(C)CCC(=O)NC(CO)(CO)CO)c2)c(-c2cc(C(=O)N[C@H]3CCCc4ccccc43)ccn2)c1. The summed E-state index contributed by atoms with van der Waals surface area (Å²) < 4.78 is 6.04. The first-order valence-corrected chi connectivity index (χ1v) is 22.7. The highest BCUT2D eigenvalue weighted by molar-refractivity contribution is 7.99. The number of hydrogen-bond donors (Lipinski definition) is 6. The highest BCUT2D eigenvalue weighted by Crippen LogP contribution is 2.35. The van der Waals surface area contributed by atoms with Crippen LogP contribution < -0.4 is 20.9 Å². The lowest BCUT2D eigenvalue weighted by molar-refractivity contribution is -0.127. The Balaban J connectivity index is 1.22. The molecule has 4 aromatic rings. The third kappa shape index (κ3) is 13.1. The number of nitrogens with one attached hydrogen (secondary N) is 3. The zero-order chi connectivity index (χ0) is 44.9. The molecule has 3 amide bonds. The second-order valence-corrected chi connectivity index (χ2v) is 19.0. The summed E-state index contributed by atoms with van der Waals surface area (Å²) in [6.07, 6.45) is 5.83. The molecule has 1 aliphatic rings. The molecule has 0 radical (unpaired) electrons. The number of aromatic nitrogens is 1. The summed E-state index contributed by atoms with van der Waals surface area (Å²) in [6.45, 7) is 12.7. The molecule has 0 bridgehead atoms. The van der Waals surface area contributed by atoms with Crippen molar-refractivity contribution >= 4 is 40.9 Å². The summed E-state index contributed by atoms with van der Waals surface area (Å²) >= 11 is 1.77. The van der Waals surface area contributed by atoms with E-state index in [1.807, 2.05) is 62.4 Å². The van der Waals surface area contributed by atoms with Gasteiger partial charge in [-0.2, -0.15) is 11.8 Å². The van der Waals surface area contributed by atoms with Crippen LogP contribution in [0.2, 0.25) is 0 Å². The maximum Gasteiger partial charge on any atom is 0.255 e. The van der Waals surface area contributed by atoms with E-state index < -0.39 is 31.0 Å². The number of ether oxygens (including phenoxy) is 1. The Kier molecular flexibility index (Phi) is 17.1. The molecule has 62 heavy (non-hydrogen) atoms. The van der Waals surface area contributed by atoms with Gasteiger partial charge in [-0.05, 0) is 119 Å². The van der Waals surface area contributed by atoms with E-state index in [0.717, 1.165) is 55.6 Å². The fourth-order valence-corrected chi connectivity index (χ4v) is 8.50.